The van der Waals surface area contributed by atoms with Crippen molar-refractivity contribution in [2.75, 3.05) is 12.4 Å². The number of benzene rings is 2. The average molecular weight is 373 g/mol. The molecule has 0 aliphatic carbocycles. The van der Waals surface area contributed by atoms with Gasteiger partial charge in [0, 0.05) is 6.07 Å². The maximum absolute atomic E-state index is 13.6. The van der Waals surface area contributed by atoms with Crippen LogP contribution in [0.15, 0.2) is 35.2 Å². The zero-order valence-electron chi connectivity index (χ0n) is 13.0. The number of Topliss-reactive ketones (excluding diaryl/α,β-unsaturated/α-hetero) is 1. The second kappa shape index (κ2) is 6.58. The molecule has 0 unspecified atom stereocenters. The molecule has 8 heteroatoms. The molecular weight excluding hydrogens is 364 g/mol. The summed E-state index contributed by atoms with van der Waals surface area (Å²) in [7, 11) is -3.78. The highest BCUT2D eigenvalue weighted by molar-refractivity contribution is 7.92. The number of hydrogen-bond acceptors (Lipinski definition) is 5. The number of rotatable bonds is 2. The van der Waals surface area contributed by atoms with E-state index >= 15 is 0 Å². The van der Waals surface area contributed by atoms with Crippen molar-refractivity contribution in [3.63, 3.8) is 0 Å². The molecule has 26 heavy (non-hydrogen) atoms. The number of carbonyl (C=O) groups is 1. The largest absolute Gasteiger partial charge is 0.456 e. The third kappa shape index (κ3) is 3.15. The molecule has 1 aliphatic rings. The minimum absolute atomic E-state index is 0.0104. The quantitative estimate of drug-likeness (QED) is 0.756. The lowest BCUT2D eigenvalue weighted by Gasteiger charge is -2.11. The molecule has 130 valence electrons. The van der Waals surface area contributed by atoms with Crippen LogP contribution in [0.2, 0.25) is 0 Å². The van der Waals surface area contributed by atoms with E-state index in [1.54, 1.807) is 6.07 Å². The smallest absolute Gasteiger partial charge is 0.186 e. The molecule has 2 aromatic rings. The number of nitriles is 1. The summed E-state index contributed by atoms with van der Waals surface area (Å²) in [5.41, 5.74) is -0.245. The molecule has 1 aliphatic heterocycles. The minimum atomic E-state index is -3.78. The van der Waals surface area contributed by atoms with Crippen LogP contribution < -0.4 is 4.74 Å². The van der Waals surface area contributed by atoms with Gasteiger partial charge < -0.3 is 4.74 Å². The summed E-state index contributed by atoms with van der Waals surface area (Å²) >= 11 is 0. The van der Waals surface area contributed by atoms with Crippen molar-refractivity contribution >= 4 is 15.6 Å². The number of alkyl halides is 1. The Bertz CT molecular complexity index is 1140. The van der Waals surface area contributed by atoms with Gasteiger partial charge in [0.05, 0.1) is 27.7 Å². The topological polar surface area (TPSA) is 84.2 Å². The van der Waals surface area contributed by atoms with E-state index in [1.807, 2.05) is 0 Å². The molecule has 5 nitrogen and oxygen atoms in total. The second-order valence-corrected chi connectivity index (χ2v) is 7.28. The zero-order valence-corrected chi connectivity index (χ0v) is 13.9. The summed E-state index contributed by atoms with van der Waals surface area (Å²) in [6.45, 7) is -1.01. The summed E-state index contributed by atoms with van der Waals surface area (Å²) < 4.78 is 55.6. The Kier molecular flexibility index (Phi) is 4.45. The molecule has 0 N–H and O–H groups in total. The lowest BCUT2D eigenvalue weighted by molar-refractivity contribution is 0.102. The monoisotopic (exact) mass is 373 g/mol. The highest BCUT2D eigenvalue weighted by Crippen LogP contribution is 2.36. The van der Waals surface area contributed by atoms with Crippen molar-refractivity contribution in [1.29, 1.82) is 5.26 Å². The number of ether oxygens (including phenoxy) is 1. The molecule has 2 aromatic carbocycles. The number of nitrogens with zero attached hydrogens (tertiary/aromatic N) is 1. The van der Waals surface area contributed by atoms with Crippen LogP contribution in [0.3, 0.4) is 0 Å². The van der Waals surface area contributed by atoms with Gasteiger partial charge in [0.1, 0.15) is 23.1 Å². The van der Waals surface area contributed by atoms with E-state index in [9.17, 15) is 22.0 Å². The molecule has 0 atom stereocenters. The number of ketones is 1. The maximum atomic E-state index is 13.6. The molecule has 0 spiro atoms. The van der Waals surface area contributed by atoms with Crippen LogP contribution in [-0.2, 0) is 9.84 Å². The van der Waals surface area contributed by atoms with Crippen LogP contribution in [0.1, 0.15) is 21.5 Å². The first kappa shape index (κ1) is 17.6. The number of fused-ring (bicyclic) bond motifs is 1. The third-order valence-corrected chi connectivity index (χ3v) is 5.22. The van der Waals surface area contributed by atoms with Crippen molar-refractivity contribution in [3.05, 3.63) is 52.8 Å². The SMILES string of the molecule is N#Cc1cc(F)cc(Oc2ccc3c(c2C#CCF)C(=O)CS3(=O)=O)c1. The predicted octanol–water partition coefficient (Wildman–Crippen LogP) is 2.78. The Morgan fingerprint density at radius 2 is 2.00 bits per heavy atom. The summed E-state index contributed by atoms with van der Waals surface area (Å²) in [6.07, 6.45) is 0. The Hall–Kier alpha value is -3.23. The average Bonchev–Trinajstić information content (AvgIpc) is 2.82. The summed E-state index contributed by atoms with van der Waals surface area (Å²) in [5.74, 6) is 2.36. The first-order chi connectivity index (χ1) is 12.4. The lowest BCUT2D eigenvalue weighted by Crippen LogP contribution is -2.03. The fraction of sp³-hybridized carbons (Fsp3) is 0.111. The summed E-state index contributed by atoms with van der Waals surface area (Å²) in [5, 5.41) is 8.89. The van der Waals surface area contributed by atoms with Crippen molar-refractivity contribution in [2.24, 2.45) is 0 Å². The van der Waals surface area contributed by atoms with Crippen LogP contribution >= 0.6 is 0 Å². The van der Waals surface area contributed by atoms with Gasteiger partial charge in [-0.3, -0.25) is 4.79 Å². The van der Waals surface area contributed by atoms with Crippen LogP contribution in [0.4, 0.5) is 8.78 Å². The lowest BCUT2D eigenvalue weighted by atomic mass is 10.0. The Morgan fingerprint density at radius 1 is 1.23 bits per heavy atom. The molecule has 0 saturated carbocycles. The van der Waals surface area contributed by atoms with E-state index < -0.39 is 33.9 Å². The Balaban J connectivity index is 2.18. The van der Waals surface area contributed by atoms with E-state index in [0.717, 1.165) is 12.1 Å². The Labute approximate surface area is 147 Å². The van der Waals surface area contributed by atoms with Gasteiger partial charge in [-0.1, -0.05) is 11.8 Å². The van der Waals surface area contributed by atoms with Crippen LogP contribution in [-0.4, -0.2) is 26.6 Å². The number of hydrogen-bond donors (Lipinski definition) is 0. The standard InChI is InChI=1S/C18H9F2NO4S/c19-5-1-2-14-16(25-13-7-11(9-21)6-12(20)8-13)3-4-17-18(14)15(22)10-26(17,23)24/h3-4,6-8H,5,10H2. The zero-order chi connectivity index (χ0) is 18.9. The molecule has 0 fully saturated rings. The molecule has 0 saturated heterocycles. The van der Waals surface area contributed by atoms with Gasteiger partial charge in [-0.2, -0.15) is 5.26 Å². The van der Waals surface area contributed by atoms with Gasteiger partial charge in [0.2, 0.25) is 0 Å². The molecule has 3 rings (SSSR count). The van der Waals surface area contributed by atoms with E-state index in [1.165, 1.54) is 18.2 Å². The highest BCUT2D eigenvalue weighted by Gasteiger charge is 2.36. The van der Waals surface area contributed by atoms with Crippen molar-refractivity contribution in [3.8, 4) is 29.4 Å². The third-order valence-electron chi connectivity index (χ3n) is 3.57. The maximum Gasteiger partial charge on any atom is 0.186 e. The van der Waals surface area contributed by atoms with E-state index in [-0.39, 0.29) is 33.1 Å². The first-order valence-electron chi connectivity index (χ1n) is 7.22. The van der Waals surface area contributed by atoms with Crippen LogP contribution in [0.5, 0.6) is 11.5 Å². The fourth-order valence-electron chi connectivity index (χ4n) is 2.57. The van der Waals surface area contributed by atoms with E-state index in [2.05, 4.69) is 11.8 Å². The van der Waals surface area contributed by atoms with Gasteiger partial charge >= 0.3 is 0 Å². The normalized spacial score (nSPS) is 14.1. The van der Waals surface area contributed by atoms with E-state index in [0.29, 0.717) is 0 Å². The second-order valence-electron chi connectivity index (χ2n) is 5.32. The van der Waals surface area contributed by atoms with Gasteiger partial charge in [0.25, 0.3) is 0 Å². The summed E-state index contributed by atoms with van der Waals surface area (Å²) in [6, 6.07) is 7.51. The molecule has 0 aromatic heterocycles. The van der Waals surface area contributed by atoms with Crippen molar-refractivity contribution < 1.29 is 26.7 Å². The molecule has 0 bridgehead atoms. The van der Waals surface area contributed by atoms with E-state index in [4.69, 9.17) is 10.00 Å². The highest BCUT2D eigenvalue weighted by atomic mass is 32.2. The van der Waals surface area contributed by atoms with Gasteiger partial charge in [-0.05, 0) is 24.3 Å². The van der Waals surface area contributed by atoms with Crippen molar-refractivity contribution in [2.45, 2.75) is 4.90 Å². The predicted molar refractivity (Wildman–Crippen MR) is 86.9 cm³/mol. The minimum Gasteiger partial charge on any atom is -0.456 e. The van der Waals surface area contributed by atoms with Gasteiger partial charge in [-0.25, -0.2) is 17.2 Å². The number of sulfone groups is 1. The van der Waals surface area contributed by atoms with Crippen LogP contribution in [0.25, 0.3) is 0 Å². The summed E-state index contributed by atoms with van der Waals surface area (Å²) in [4.78, 5) is 11.9. The fourth-order valence-corrected chi connectivity index (χ4v) is 4.01. The molecule has 0 amide bonds. The van der Waals surface area contributed by atoms with Crippen LogP contribution in [0, 0.1) is 29.0 Å². The van der Waals surface area contributed by atoms with Crippen molar-refractivity contribution in [1.82, 2.24) is 0 Å². The Morgan fingerprint density at radius 3 is 2.69 bits per heavy atom. The number of halogens is 2. The molecular formula is C18H9F2NO4S. The van der Waals surface area contributed by atoms with Gasteiger partial charge in [0.15, 0.2) is 22.3 Å². The van der Waals surface area contributed by atoms with Gasteiger partial charge in [-0.15, -0.1) is 0 Å². The molecule has 0 radical (unpaired) electrons. The molecule has 1 heterocycles. The number of carbonyl (C=O) groups excluding carboxylic acids is 1. The first-order valence-corrected chi connectivity index (χ1v) is 8.87.